The van der Waals surface area contributed by atoms with E-state index < -0.39 is 0 Å². The number of nitrogens with two attached hydrogens (primary N) is 1. The first-order valence-electron chi connectivity index (χ1n) is 6.58. The van der Waals surface area contributed by atoms with Crippen LogP contribution in [0.1, 0.15) is 18.5 Å². The monoisotopic (exact) mass is 266 g/mol. The van der Waals surface area contributed by atoms with Crippen molar-refractivity contribution >= 4 is 0 Å². The summed E-state index contributed by atoms with van der Waals surface area (Å²) in [5.41, 5.74) is 3.81. The molecule has 6 nitrogen and oxygen atoms in total. The quantitative estimate of drug-likeness (QED) is 0.590. The number of aromatic nitrogens is 1. The molecule has 0 radical (unpaired) electrons. The highest BCUT2D eigenvalue weighted by atomic mass is 16.5. The van der Waals surface area contributed by atoms with E-state index in [0.717, 1.165) is 31.0 Å². The third kappa shape index (κ3) is 3.63. The van der Waals surface area contributed by atoms with Crippen LogP contribution in [0.25, 0.3) is 0 Å². The van der Waals surface area contributed by atoms with Gasteiger partial charge in [-0.1, -0.05) is 0 Å². The van der Waals surface area contributed by atoms with Crippen molar-refractivity contribution in [3.05, 3.63) is 24.0 Å². The van der Waals surface area contributed by atoms with Gasteiger partial charge in [0.05, 0.1) is 31.6 Å². The molecule has 1 fully saturated rings. The van der Waals surface area contributed by atoms with Crippen LogP contribution >= 0.6 is 0 Å². The molecule has 1 aromatic heterocycles. The van der Waals surface area contributed by atoms with Gasteiger partial charge in [0, 0.05) is 19.3 Å². The van der Waals surface area contributed by atoms with Crippen LogP contribution in [-0.2, 0) is 4.74 Å². The van der Waals surface area contributed by atoms with Crippen LogP contribution in [0.4, 0.5) is 0 Å². The van der Waals surface area contributed by atoms with Gasteiger partial charge in [-0.05, 0) is 25.6 Å². The third-order valence-corrected chi connectivity index (χ3v) is 3.25. The number of rotatable bonds is 5. The molecule has 0 aliphatic carbocycles. The number of hydrogen-bond donors (Lipinski definition) is 2. The van der Waals surface area contributed by atoms with E-state index in [4.69, 9.17) is 15.3 Å². The molecule has 0 bridgehead atoms. The lowest BCUT2D eigenvalue weighted by Crippen LogP contribution is -2.48. The van der Waals surface area contributed by atoms with Crippen LogP contribution in [-0.4, -0.2) is 49.3 Å². The molecule has 3 N–H and O–H groups in total. The van der Waals surface area contributed by atoms with Gasteiger partial charge >= 0.3 is 0 Å². The molecule has 2 unspecified atom stereocenters. The molecular formula is C13H22N4O2. The van der Waals surface area contributed by atoms with E-state index in [1.165, 1.54) is 0 Å². The fourth-order valence-corrected chi connectivity index (χ4v) is 2.28. The van der Waals surface area contributed by atoms with E-state index in [1.807, 2.05) is 13.0 Å². The number of hydrazine groups is 1. The highest BCUT2D eigenvalue weighted by Crippen LogP contribution is 2.23. The first-order chi connectivity index (χ1) is 9.24. The van der Waals surface area contributed by atoms with Crippen molar-refractivity contribution in [2.75, 3.05) is 33.4 Å². The molecule has 19 heavy (non-hydrogen) atoms. The Kier molecular flexibility index (Phi) is 5.09. The zero-order valence-corrected chi connectivity index (χ0v) is 11.5. The van der Waals surface area contributed by atoms with Crippen molar-refractivity contribution in [2.24, 2.45) is 5.84 Å². The molecule has 1 aliphatic rings. The first kappa shape index (κ1) is 14.2. The van der Waals surface area contributed by atoms with Crippen LogP contribution < -0.4 is 16.0 Å². The maximum Gasteiger partial charge on any atom is 0.137 e. The molecular weight excluding hydrogens is 244 g/mol. The summed E-state index contributed by atoms with van der Waals surface area (Å²) in [6.45, 7) is 5.08. The second-order valence-corrected chi connectivity index (χ2v) is 4.70. The summed E-state index contributed by atoms with van der Waals surface area (Å²) < 4.78 is 11.3. The molecule has 6 heteroatoms. The van der Waals surface area contributed by atoms with Gasteiger partial charge in [-0.3, -0.25) is 16.3 Å². The van der Waals surface area contributed by atoms with Crippen molar-refractivity contribution in [3.8, 4) is 5.75 Å². The van der Waals surface area contributed by atoms with Crippen LogP contribution in [0.5, 0.6) is 5.75 Å². The molecule has 2 atom stereocenters. The Morgan fingerprint density at radius 3 is 3.16 bits per heavy atom. The van der Waals surface area contributed by atoms with E-state index in [-0.39, 0.29) is 12.1 Å². The van der Waals surface area contributed by atoms with Gasteiger partial charge < -0.3 is 14.4 Å². The normalized spacial score (nSPS) is 22.2. The Labute approximate surface area is 113 Å². The van der Waals surface area contributed by atoms with Gasteiger partial charge in [0.1, 0.15) is 5.75 Å². The molecule has 1 aromatic rings. The van der Waals surface area contributed by atoms with Crippen LogP contribution in [0.3, 0.4) is 0 Å². The number of pyridine rings is 1. The maximum absolute atomic E-state index is 5.80. The van der Waals surface area contributed by atoms with Crippen LogP contribution in [0.15, 0.2) is 18.5 Å². The smallest absolute Gasteiger partial charge is 0.137 e. The minimum Gasteiger partial charge on any atom is -0.492 e. The third-order valence-electron chi connectivity index (χ3n) is 3.25. The highest BCUT2D eigenvalue weighted by molar-refractivity contribution is 5.27. The maximum atomic E-state index is 5.80. The van der Waals surface area contributed by atoms with E-state index in [2.05, 4.69) is 22.4 Å². The zero-order valence-electron chi connectivity index (χ0n) is 11.5. The van der Waals surface area contributed by atoms with Crippen molar-refractivity contribution in [2.45, 2.75) is 19.1 Å². The lowest BCUT2D eigenvalue weighted by Gasteiger charge is -2.35. The SMILES string of the molecule is CCOc1cncc(C(NN)C2CN(C)CCO2)c1. The molecule has 0 amide bonds. The summed E-state index contributed by atoms with van der Waals surface area (Å²) in [5, 5.41) is 0. The van der Waals surface area contributed by atoms with Crippen LogP contribution in [0.2, 0.25) is 0 Å². The number of morpholine rings is 1. The van der Waals surface area contributed by atoms with Crippen molar-refractivity contribution in [3.63, 3.8) is 0 Å². The van der Waals surface area contributed by atoms with Crippen LogP contribution in [0, 0.1) is 0 Å². The van der Waals surface area contributed by atoms with Crippen molar-refractivity contribution in [1.82, 2.24) is 15.3 Å². The largest absolute Gasteiger partial charge is 0.492 e. The van der Waals surface area contributed by atoms with Crippen molar-refractivity contribution < 1.29 is 9.47 Å². The lowest BCUT2D eigenvalue weighted by atomic mass is 10.0. The Hall–Kier alpha value is -1.21. The van der Waals surface area contributed by atoms with Gasteiger partial charge in [-0.25, -0.2) is 0 Å². The van der Waals surface area contributed by atoms with E-state index in [0.29, 0.717) is 6.61 Å². The van der Waals surface area contributed by atoms with Gasteiger partial charge in [0.2, 0.25) is 0 Å². The molecule has 2 rings (SSSR count). The van der Waals surface area contributed by atoms with Gasteiger partial charge in [0.15, 0.2) is 0 Å². The number of hydrogen-bond acceptors (Lipinski definition) is 6. The van der Waals surface area contributed by atoms with E-state index in [9.17, 15) is 0 Å². The average molecular weight is 266 g/mol. The second-order valence-electron chi connectivity index (χ2n) is 4.70. The predicted octanol–water partition coefficient (Wildman–Crippen LogP) is 0.315. The fraction of sp³-hybridized carbons (Fsp3) is 0.615. The van der Waals surface area contributed by atoms with E-state index >= 15 is 0 Å². The minimum absolute atomic E-state index is 0.0161. The zero-order chi connectivity index (χ0) is 13.7. The summed E-state index contributed by atoms with van der Waals surface area (Å²) in [4.78, 5) is 6.43. The number of nitrogens with one attached hydrogen (secondary N) is 1. The Morgan fingerprint density at radius 2 is 2.47 bits per heavy atom. The van der Waals surface area contributed by atoms with Gasteiger partial charge in [-0.15, -0.1) is 0 Å². The molecule has 1 saturated heterocycles. The Bertz CT molecular complexity index is 402. The molecule has 1 aliphatic heterocycles. The summed E-state index contributed by atoms with van der Waals surface area (Å²) in [5.74, 6) is 6.44. The molecule has 0 spiro atoms. The predicted molar refractivity (Wildman–Crippen MR) is 72.7 cm³/mol. The molecule has 106 valence electrons. The molecule has 0 saturated carbocycles. The van der Waals surface area contributed by atoms with Gasteiger partial charge in [-0.2, -0.15) is 0 Å². The standard InChI is InChI=1S/C13H22N4O2/c1-3-18-11-6-10(7-15-8-11)13(16-14)12-9-17(2)4-5-19-12/h6-8,12-13,16H,3-5,9,14H2,1-2H3. The Balaban J connectivity index is 2.13. The van der Waals surface area contributed by atoms with E-state index in [1.54, 1.807) is 12.4 Å². The summed E-state index contributed by atoms with van der Waals surface area (Å²) in [6.07, 6.45) is 3.52. The Morgan fingerprint density at radius 1 is 1.63 bits per heavy atom. The van der Waals surface area contributed by atoms with Gasteiger partial charge in [0.25, 0.3) is 0 Å². The molecule has 2 heterocycles. The number of ether oxygens (including phenoxy) is 2. The fourth-order valence-electron chi connectivity index (χ4n) is 2.28. The molecule has 0 aromatic carbocycles. The van der Waals surface area contributed by atoms with Crippen molar-refractivity contribution in [1.29, 1.82) is 0 Å². The lowest BCUT2D eigenvalue weighted by molar-refractivity contribution is -0.0393. The summed E-state index contributed by atoms with van der Waals surface area (Å²) in [6, 6.07) is 1.87. The summed E-state index contributed by atoms with van der Waals surface area (Å²) in [7, 11) is 2.08. The highest BCUT2D eigenvalue weighted by Gasteiger charge is 2.27. The minimum atomic E-state index is -0.0874. The average Bonchev–Trinajstić information content (AvgIpc) is 2.41. The topological polar surface area (TPSA) is 72.6 Å². The first-order valence-corrected chi connectivity index (χ1v) is 6.58. The summed E-state index contributed by atoms with van der Waals surface area (Å²) >= 11 is 0. The number of nitrogens with zero attached hydrogens (tertiary/aromatic N) is 2. The number of likely N-dealkylation sites (N-methyl/N-ethyl adjacent to an activating group) is 1. The second kappa shape index (κ2) is 6.81.